The zero-order valence-electron chi connectivity index (χ0n) is 17.5. The van der Waals surface area contributed by atoms with Gasteiger partial charge in [-0.1, -0.05) is 38.1 Å². The molecule has 2 N–H and O–H groups in total. The first-order valence-corrected chi connectivity index (χ1v) is 10.2. The lowest BCUT2D eigenvalue weighted by molar-refractivity contribution is -0.123. The second-order valence-electron chi connectivity index (χ2n) is 8.24. The van der Waals surface area contributed by atoms with Crippen LogP contribution in [0.15, 0.2) is 24.3 Å². The van der Waals surface area contributed by atoms with Crippen molar-refractivity contribution >= 4 is 18.3 Å². The number of nitrogens with zero attached hydrogens (tertiary/aromatic N) is 1. The molecule has 1 aromatic rings. The third kappa shape index (κ3) is 8.63. The van der Waals surface area contributed by atoms with E-state index in [1.54, 1.807) is 0 Å². The van der Waals surface area contributed by atoms with Crippen LogP contribution >= 0.6 is 12.4 Å². The molecule has 0 spiro atoms. The fourth-order valence-electron chi connectivity index (χ4n) is 3.77. The Morgan fingerprint density at radius 2 is 1.78 bits per heavy atom. The number of carbonyl (C=O) groups excluding carboxylic acids is 1. The van der Waals surface area contributed by atoms with Gasteiger partial charge in [0.1, 0.15) is 0 Å². The first-order valence-electron chi connectivity index (χ1n) is 10.2. The highest BCUT2D eigenvalue weighted by Gasteiger charge is 2.21. The van der Waals surface area contributed by atoms with Crippen molar-refractivity contribution in [3.63, 3.8) is 0 Å². The highest BCUT2D eigenvalue weighted by molar-refractivity contribution is 5.85. The normalized spacial score (nSPS) is 16.8. The average molecular weight is 396 g/mol. The van der Waals surface area contributed by atoms with Gasteiger partial charge in [0.25, 0.3) is 0 Å². The van der Waals surface area contributed by atoms with Gasteiger partial charge in [-0.15, -0.1) is 12.4 Å². The first kappa shape index (κ1) is 23.9. The fraction of sp³-hybridized carbons (Fsp3) is 0.682. The number of nitrogens with one attached hydrogen (secondary N) is 2. The van der Waals surface area contributed by atoms with Gasteiger partial charge in [0.05, 0.1) is 12.6 Å². The Morgan fingerprint density at radius 3 is 2.33 bits per heavy atom. The van der Waals surface area contributed by atoms with Gasteiger partial charge in [0.15, 0.2) is 0 Å². The zero-order valence-corrected chi connectivity index (χ0v) is 18.3. The van der Waals surface area contributed by atoms with Gasteiger partial charge in [0.2, 0.25) is 5.91 Å². The van der Waals surface area contributed by atoms with Gasteiger partial charge < -0.3 is 10.6 Å². The van der Waals surface area contributed by atoms with E-state index >= 15 is 0 Å². The Hall–Kier alpha value is -1.10. The lowest BCUT2D eigenvalue weighted by Crippen LogP contribution is -2.42. The summed E-state index contributed by atoms with van der Waals surface area (Å²) in [5, 5.41) is 6.39. The quantitative estimate of drug-likeness (QED) is 0.668. The van der Waals surface area contributed by atoms with Crippen molar-refractivity contribution in [3.05, 3.63) is 35.4 Å². The predicted octanol–water partition coefficient (Wildman–Crippen LogP) is 3.81. The number of halogens is 1. The Morgan fingerprint density at radius 1 is 1.15 bits per heavy atom. The molecule has 1 aliphatic heterocycles. The van der Waals surface area contributed by atoms with Crippen molar-refractivity contribution in [2.24, 2.45) is 11.8 Å². The minimum Gasteiger partial charge on any atom is -0.348 e. The molecule has 1 atom stereocenters. The van der Waals surface area contributed by atoms with E-state index in [2.05, 4.69) is 60.6 Å². The van der Waals surface area contributed by atoms with Gasteiger partial charge in [-0.05, 0) is 82.3 Å². The summed E-state index contributed by atoms with van der Waals surface area (Å²) < 4.78 is 0. The molecule has 27 heavy (non-hydrogen) atoms. The van der Waals surface area contributed by atoms with Crippen LogP contribution in [0.2, 0.25) is 0 Å². The smallest absolute Gasteiger partial charge is 0.234 e. The number of likely N-dealkylation sites (tertiary alicyclic amines) is 1. The maximum atomic E-state index is 12.4. The predicted molar refractivity (Wildman–Crippen MR) is 116 cm³/mol. The Balaban J connectivity index is 0.00000364. The molecule has 1 amide bonds. The number of rotatable bonds is 9. The largest absolute Gasteiger partial charge is 0.348 e. The van der Waals surface area contributed by atoms with Gasteiger partial charge in [-0.25, -0.2) is 0 Å². The molecule has 154 valence electrons. The Bertz CT molecular complexity index is 539. The van der Waals surface area contributed by atoms with Crippen LogP contribution in [0.4, 0.5) is 0 Å². The molecule has 0 aromatic heterocycles. The van der Waals surface area contributed by atoms with Crippen molar-refractivity contribution in [1.82, 2.24) is 15.5 Å². The number of hydrogen-bond donors (Lipinski definition) is 2. The summed E-state index contributed by atoms with van der Waals surface area (Å²) in [7, 11) is 2.01. The summed E-state index contributed by atoms with van der Waals surface area (Å²) >= 11 is 0. The number of piperidine rings is 1. The minimum absolute atomic E-state index is 0. The number of benzene rings is 1. The van der Waals surface area contributed by atoms with Crippen LogP contribution in [0, 0.1) is 11.8 Å². The van der Waals surface area contributed by atoms with Crippen LogP contribution in [-0.4, -0.2) is 44.0 Å². The summed E-state index contributed by atoms with van der Waals surface area (Å²) in [6.45, 7) is 10.2. The van der Waals surface area contributed by atoms with E-state index in [1.165, 1.54) is 30.4 Å². The molecular formula is C22H38ClN3O. The van der Waals surface area contributed by atoms with Crippen molar-refractivity contribution in [1.29, 1.82) is 0 Å². The number of amides is 1. The van der Waals surface area contributed by atoms with Crippen molar-refractivity contribution in [2.45, 2.75) is 52.5 Å². The van der Waals surface area contributed by atoms with Gasteiger partial charge >= 0.3 is 0 Å². The highest BCUT2D eigenvalue weighted by atomic mass is 35.5. The van der Waals surface area contributed by atoms with Crippen molar-refractivity contribution in [3.8, 4) is 0 Å². The molecule has 0 aliphatic carbocycles. The van der Waals surface area contributed by atoms with E-state index in [0.29, 0.717) is 12.5 Å². The highest BCUT2D eigenvalue weighted by Crippen LogP contribution is 2.20. The maximum Gasteiger partial charge on any atom is 0.234 e. The van der Waals surface area contributed by atoms with E-state index in [-0.39, 0.29) is 24.4 Å². The van der Waals surface area contributed by atoms with Gasteiger partial charge in [0, 0.05) is 0 Å². The van der Waals surface area contributed by atoms with Crippen LogP contribution < -0.4 is 10.6 Å². The van der Waals surface area contributed by atoms with Crippen LogP contribution in [0.3, 0.4) is 0 Å². The van der Waals surface area contributed by atoms with Crippen LogP contribution in [0.25, 0.3) is 0 Å². The van der Waals surface area contributed by atoms with E-state index in [1.807, 2.05) is 7.05 Å². The maximum absolute atomic E-state index is 12.4. The molecule has 4 nitrogen and oxygen atoms in total. The first-order chi connectivity index (χ1) is 12.5. The molecule has 5 heteroatoms. The lowest BCUT2D eigenvalue weighted by atomic mass is 9.93. The van der Waals surface area contributed by atoms with E-state index in [0.717, 1.165) is 32.0 Å². The molecule has 0 radical (unpaired) electrons. The molecule has 1 heterocycles. The number of carbonyl (C=O) groups is 1. The number of hydrogen-bond acceptors (Lipinski definition) is 3. The van der Waals surface area contributed by atoms with Crippen LogP contribution in [0.5, 0.6) is 0 Å². The summed E-state index contributed by atoms with van der Waals surface area (Å²) in [6, 6.07) is 8.73. The standard InChI is InChI=1S/C22H37N3O.ClH/c1-17(2)15-20-5-7-21(8-6-20)18(3)24-22(26)16-25-13-10-19(11-14-25)9-12-23-4;/h5-8,17-19,23H,9-16H2,1-4H3,(H,24,26);1H. The third-order valence-corrected chi connectivity index (χ3v) is 5.38. The van der Waals surface area contributed by atoms with Crippen LogP contribution in [-0.2, 0) is 11.2 Å². The molecule has 0 saturated carbocycles. The Labute approximate surface area is 171 Å². The monoisotopic (exact) mass is 395 g/mol. The Kier molecular flexibility index (Phi) is 11.0. The topological polar surface area (TPSA) is 44.4 Å². The zero-order chi connectivity index (χ0) is 18.9. The molecular weight excluding hydrogens is 358 g/mol. The molecule has 1 aliphatic rings. The third-order valence-electron chi connectivity index (χ3n) is 5.38. The fourth-order valence-corrected chi connectivity index (χ4v) is 3.77. The molecule has 1 fully saturated rings. The summed E-state index contributed by atoms with van der Waals surface area (Å²) in [5.74, 6) is 1.61. The average Bonchev–Trinajstić information content (AvgIpc) is 2.61. The van der Waals surface area contributed by atoms with E-state index in [4.69, 9.17) is 0 Å². The van der Waals surface area contributed by atoms with Crippen molar-refractivity contribution < 1.29 is 4.79 Å². The molecule has 2 rings (SSSR count). The van der Waals surface area contributed by atoms with Gasteiger partial charge in [-0.2, -0.15) is 0 Å². The van der Waals surface area contributed by atoms with Crippen molar-refractivity contribution in [2.75, 3.05) is 33.2 Å². The molecule has 1 saturated heterocycles. The summed E-state index contributed by atoms with van der Waals surface area (Å²) in [5.41, 5.74) is 2.54. The second-order valence-corrected chi connectivity index (χ2v) is 8.24. The van der Waals surface area contributed by atoms with E-state index < -0.39 is 0 Å². The summed E-state index contributed by atoms with van der Waals surface area (Å²) in [4.78, 5) is 14.7. The SMILES string of the molecule is CNCCC1CCN(CC(=O)NC(C)c2ccc(CC(C)C)cc2)CC1.Cl. The van der Waals surface area contributed by atoms with Gasteiger partial charge in [-0.3, -0.25) is 9.69 Å². The minimum atomic E-state index is 0. The molecule has 1 aromatic carbocycles. The van der Waals surface area contributed by atoms with Crippen LogP contribution in [0.1, 0.15) is 57.2 Å². The lowest BCUT2D eigenvalue weighted by Gasteiger charge is -2.31. The second kappa shape index (κ2) is 12.4. The summed E-state index contributed by atoms with van der Waals surface area (Å²) in [6.07, 6.45) is 4.77. The molecule has 1 unspecified atom stereocenters. The van der Waals surface area contributed by atoms with E-state index in [9.17, 15) is 4.79 Å². The molecule has 0 bridgehead atoms.